The van der Waals surface area contributed by atoms with Crippen LogP contribution in [-0.2, 0) is 0 Å². The van der Waals surface area contributed by atoms with Crippen LogP contribution in [0.15, 0.2) is 46.2 Å². The summed E-state index contributed by atoms with van der Waals surface area (Å²) in [5, 5.41) is 0. The van der Waals surface area contributed by atoms with Crippen molar-refractivity contribution in [1.29, 1.82) is 0 Å². The Morgan fingerprint density at radius 3 is 2.59 bits per heavy atom. The third-order valence-corrected chi connectivity index (χ3v) is 4.14. The minimum atomic E-state index is 1.10. The molecule has 0 atom stereocenters. The summed E-state index contributed by atoms with van der Waals surface area (Å²) in [5.41, 5.74) is 8.62. The van der Waals surface area contributed by atoms with Gasteiger partial charge in [-0.05, 0) is 50.3 Å². The molecule has 0 saturated heterocycles. The van der Waals surface area contributed by atoms with Gasteiger partial charge in [0.2, 0.25) is 0 Å². The van der Waals surface area contributed by atoms with Crippen molar-refractivity contribution in [3.05, 3.63) is 46.2 Å². The first-order valence-corrected chi connectivity index (χ1v) is 6.59. The van der Waals surface area contributed by atoms with E-state index < -0.39 is 0 Å². The van der Waals surface area contributed by atoms with E-state index >= 15 is 0 Å². The van der Waals surface area contributed by atoms with Crippen molar-refractivity contribution < 1.29 is 0 Å². The van der Waals surface area contributed by atoms with E-state index in [1.807, 2.05) is 0 Å². The molecule has 1 nitrogen and oxygen atoms in total. The normalized spacial score (nSPS) is 23.6. The number of hydrogen-bond donors (Lipinski definition) is 0. The van der Waals surface area contributed by atoms with Crippen LogP contribution in [0.1, 0.15) is 40.5 Å². The third kappa shape index (κ3) is 1.88. The smallest absolute Gasteiger partial charge is 0.0478 e. The first-order valence-electron chi connectivity index (χ1n) is 6.59. The Morgan fingerprint density at radius 1 is 1.35 bits per heavy atom. The van der Waals surface area contributed by atoms with Gasteiger partial charge in [-0.1, -0.05) is 30.7 Å². The van der Waals surface area contributed by atoms with Gasteiger partial charge in [0.05, 0.1) is 0 Å². The Hall–Kier alpha value is -1.24. The standard InChI is InChI=1S/C16H23N/c1-6-14-10-17(9-8-11(14)3)16-12(4)15(7-2)13(16)5/h7H,4,6,8-10H2,1-3,5H3/b15-7+. The summed E-state index contributed by atoms with van der Waals surface area (Å²) in [5.74, 6) is 0. The predicted molar refractivity (Wildman–Crippen MR) is 74.8 cm³/mol. The van der Waals surface area contributed by atoms with Crippen LogP contribution in [-0.4, -0.2) is 18.0 Å². The van der Waals surface area contributed by atoms with E-state index in [0.717, 1.165) is 13.1 Å². The molecule has 0 aromatic heterocycles. The number of allylic oxidation sites excluding steroid dienone is 3. The zero-order valence-corrected chi connectivity index (χ0v) is 11.6. The summed E-state index contributed by atoms with van der Waals surface area (Å²) in [4.78, 5) is 2.51. The predicted octanol–water partition coefficient (Wildman–Crippen LogP) is 4.21. The van der Waals surface area contributed by atoms with E-state index in [9.17, 15) is 0 Å². The molecule has 0 radical (unpaired) electrons. The molecule has 0 fully saturated rings. The molecule has 1 heterocycles. The quantitative estimate of drug-likeness (QED) is 0.641. The minimum Gasteiger partial charge on any atom is -0.366 e. The van der Waals surface area contributed by atoms with E-state index in [1.165, 1.54) is 35.3 Å². The molecule has 0 bridgehead atoms. The molecule has 0 amide bonds. The fraction of sp³-hybridized carbons (Fsp3) is 0.500. The molecule has 2 rings (SSSR count). The maximum Gasteiger partial charge on any atom is 0.0478 e. The highest BCUT2D eigenvalue weighted by Crippen LogP contribution is 2.41. The van der Waals surface area contributed by atoms with Gasteiger partial charge in [0.15, 0.2) is 0 Å². The summed E-state index contributed by atoms with van der Waals surface area (Å²) >= 11 is 0. The topological polar surface area (TPSA) is 3.24 Å². The molecular formula is C16H23N. The van der Waals surface area contributed by atoms with Crippen LogP contribution in [0.25, 0.3) is 0 Å². The average Bonchev–Trinajstić information content (AvgIpc) is 2.32. The molecule has 0 unspecified atom stereocenters. The van der Waals surface area contributed by atoms with Crippen molar-refractivity contribution in [2.75, 3.05) is 13.1 Å². The SMILES string of the molecule is C=C1C(N2CCC(C)=C(CC)C2)=C(C)/C1=C/C. The van der Waals surface area contributed by atoms with Crippen LogP contribution in [0, 0.1) is 0 Å². The Morgan fingerprint density at radius 2 is 2.06 bits per heavy atom. The van der Waals surface area contributed by atoms with Crippen LogP contribution in [0.3, 0.4) is 0 Å². The van der Waals surface area contributed by atoms with Crippen LogP contribution >= 0.6 is 0 Å². The highest BCUT2D eigenvalue weighted by molar-refractivity contribution is 5.67. The number of rotatable bonds is 2. The van der Waals surface area contributed by atoms with Crippen LogP contribution < -0.4 is 0 Å². The molecule has 0 aromatic rings. The molecule has 0 spiro atoms. The molecule has 2 aliphatic rings. The summed E-state index contributed by atoms with van der Waals surface area (Å²) in [6.45, 7) is 15.3. The van der Waals surface area contributed by atoms with Gasteiger partial charge < -0.3 is 4.90 Å². The van der Waals surface area contributed by atoms with Crippen molar-refractivity contribution in [2.24, 2.45) is 0 Å². The first-order chi connectivity index (χ1) is 8.10. The fourth-order valence-electron chi connectivity index (χ4n) is 2.99. The van der Waals surface area contributed by atoms with E-state index in [-0.39, 0.29) is 0 Å². The van der Waals surface area contributed by atoms with Gasteiger partial charge in [0.25, 0.3) is 0 Å². The van der Waals surface area contributed by atoms with Crippen molar-refractivity contribution in [1.82, 2.24) is 4.90 Å². The average molecular weight is 229 g/mol. The molecular weight excluding hydrogens is 206 g/mol. The van der Waals surface area contributed by atoms with E-state index in [1.54, 1.807) is 11.1 Å². The summed E-state index contributed by atoms with van der Waals surface area (Å²) in [6.07, 6.45) is 4.56. The van der Waals surface area contributed by atoms with E-state index in [0.29, 0.717) is 0 Å². The summed E-state index contributed by atoms with van der Waals surface area (Å²) in [6, 6.07) is 0. The van der Waals surface area contributed by atoms with Gasteiger partial charge >= 0.3 is 0 Å². The van der Waals surface area contributed by atoms with Crippen molar-refractivity contribution in [3.8, 4) is 0 Å². The Labute approximate surface area is 105 Å². The summed E-state index contributed by atoms with van der Waals surface area (Å²) in [7, 11) is 0. The van der Waals surface area contributed by atoms with Gasteiger partial charge in [0, 0.05) is 18.8 Å². The van der Waals surface area contributed by atoms with Crippen LogP contribution in [0.4, 0.5) is 0 Å². The number of nitrogens with zero attached hydrogens (tertiary/aromatic N) is 1. The highest BCUT2D eigenvalue weighted by atomic mass is 15.1. The molecule has 1 aliphatic heterocycles. The van der Waals surface area contributed by atoms with Gasteiger partial charge in [-0.25, -0.2) is 0 Å². The fourth-order valence-corrected chi connectivity index (χ4v) is 2.99. The molecule has 1 heteroatoms. The molecule has 17 heavy (non-hydrogen) atoms. The molecule has 92 valence electrons. The Bertz CT molecular complexity index is 446. The van der Waals surface area contributed by atoms with Crippen molar-refractivity contribution in [2.45, 2.75) is 40.5 Å². The Balaban J connectivity index is 2.23. The monoisotopic (exact) mass is 229 g/mol. The largest absolute Gasteiger partial charge is 0.366 e. The van der Waals surface area contributed by atoms with Crippen LogP contribution in [0.5, 0.6) is 0 Å². The zero-order chi connectivity index (χ0) is 12.6. The zero-order valence-electron chi connectivity index (χ0n) is 11.6. The maximum atomic E-state index is 4.21. The van der Waals surface area contributed by atoms with Crippen LogP contribution in [0.2, 0.25) is 0 Å². The highest BCUT2D eigenvalue weighted by Gasteiger charge is 2.29. The second kappa shape index (κ2) is 4.56. The van der Waals surface area contributed by atoms with Crippen molar-refractivity contribution in [3.63, 3.8) is 0 Å². The maximum absolute atomic E-state index is 4.21. The lowest BCUT2D eigenvalue weighted by Crippen LogP contribution is -2.35. The van der Waals surface area contributed by atoms with Gasteiger partial charge in [-0.15, -0.1) is 0 Å². The lowest BCUT2D eigenvalue weighted by Gasteiger charge is -2.40. The number of hydrogen-bond acceptors (Lipinski definition) is 1. The third-order valence-electron chi connectivity index (χ3n) is 4.14. The van der Waals surface area contributed by atoms with E-state index in [2.05, 4.69) is 45.2 Å². The van der Waals surface area contributed by atoms with Gasteiger partial charge in [-0.2, -0.15) is 0 Å². The first kappa shape index (κ1) is 12.2. The second-order valence-electron chi connectivity index (χ2n) is 5.06. The molecule has 0 N–H and O–H groups in total. The molecule has 0 aromatic carbocycles. The lowest BCUT2D eigenvalue weighted by atomic mass is 9.82. The second-order valence-corrected chi connectivity index (χ2v) is 5.06. The lowest BCUT2D eigenvalue weighted by molar-refractivity contribution is 0.351. The van der Waals surface area contributed by atoms with Gasteiger partial charge in [-0.3, -0.25) is 0 Å². The van der Waals surface area contributed by atoms with Crippen molar-refractivity contribution >= 4 is 0 Å². The molecule has 1 aliphatic carbocycles. The van der Waals surface area contributed by atoms with Gasteiger partial charge in [0.1, 0.15) is 0 Å². The van der Waals surface area contributed by atoms with E-state index in [4.69, 9.17) is 0 Å². The minimum absolute atomic E-state index is 1.10. The summed E-state index contributed by atoms with van der Waals surface area (Å²) < 4.78 is 0. The Kier molecular flexibility index (Phi) is 3.28. The molecule has 0 saturated carbocycles.